The quantitative estimate of drug-likeness (QED) is 0.857. The Balaban J connectivity index is 2.60. The SMILES string of the molecule is CNC(C)c1ccc(NC(=O)N(C)CC(C)C)cc1. The molecule has 0 saturated carbocycles. The number of carbonyl (C=O) groups excluding carboxylic acids is 1. The van der Waals surface area contributed by atoms with Crippen molar-refractivity contribution < 1.29 is 4.79 Å². The monoisotopic (exact) mass is 263 g/mol. The van der Waals surface area contributed by atoms with Crippen LogP contribution in [0.4, 0.5) is 10.5 Å². The molecule has 0 fully saturated rings. The van der Waals surface area contributed by atoms with Crippen molar-refractivity contribution in [1.29, 1.82) is 0 Å². The number of urea groups is 1. The minimum absolute atomic E-state index is 0.0666. The molecule has 4 nitrogen and oxygen atoms in total. The van der Waals surface area contributed by atoms with Crippen LogP contribution in [0.3, 0.4) is 0 Å². The van der Waals surface area contributed by atoms with E-state index >= 15 is 0 Å². The Morgan fingerprint density at radius 1 is 1.21 bits per heavy atom. The highest BCUT2D eigenvalue weighted by Crippen LogP contribution is 2.15. The van der Waals surface area contributed by atoms with Crippen LogP contribution in [0.25, 0.3) is 0 Å². The number of rotatable bonds is 5. The van der Waals surface area contributed by atoms with Crippen LogP contribution in [0.5, 0.6) is 0 Å². The van der Waals surface area contributed by atoms with Crippen LogP contribution in [-0.2, 0) is 0 Å². The van der Waals surface area contributed by atoms with Crippen molar-refractivity contribution in [2.75, 3.05) is 26.0 Å². The number of carbonyl (C=O) groups is 1. The number of hydrogen-bond donors (Lipinski definition) is 2. The van der Waals surface area contributed by atoms with Crippen LogP contribution < -0.4 is 10.6 Å². The zero-order valence-electron chi connectivity index (χ0n) is 12.5. The van der Waals surface area contributed by atoms with Gasteiger partial charge >= 0.3 is 6.03 Å². The second kappa shape index (κ2) is 7.14. The number of anilines is 1. The molecule has 1 aromatic rings. The van der Waals surface area contributed by atoms with Gasteiger partial charge in [0.2, 0.25) is 0 Å². The lowest BCUT2D eigenvalue weighted by molar-refractivity contribution is 0.217. The van der Waals surface area contributed by atoms with Gasteiger partial charge in [0, 0.05) is 25.3 Å². The highest BCUT2D eigenvalue weighted by atomic mass is 16.2. The first-order chi connectivity index (χ1) is 8.93. The highest BCUT2D eigenvalue weighted by molar-refractivity contribution is 5.89. The molecule has 0 bridgehead atoms. The molecule has 0 aromatic heterocycles. The Kier molecular flexibility index (Phi) is 5.83. The van der Waals surface area contributed by atoms with Crippen LogP contribution in [0.2, 0.25) is 0 Å². The van der Waals surface area contributed by atoms with Crippen molar-refractivity contribution in [2.24, 2.45) is 5.92 Å². The van der Waals surface area contributed by atoms with E-state index in [9.17, 15) is 4.79 Å². The molecule has 1 rings (SSSR count). The average molecular weight is 263 g/mol. The zero-order valence-corrected chi connectivity index (χ0v) is 12.5. The average Bonchev–Trinajstić information content (AvgIpc) is 2.37. The number of hydrogen-bond acceptors (Lipinski definition) is 2. The summed E-state index contributed by atoms with van der Waals surface area (Å²) in [6.07, 6.45) is 0. The lowest BCUT2D eigenvalue weighted by atomic mass is 10.1. The summed E-state index contributed by atoms with van der Waals surface area (Å²) in [4.78, 5) is 13.6. The first kappa shape index (κ1) is 15.5. The molecule has 0 aliphatic rings. The molecule has 0 aliphatic heterocycles. The fourth-order valence-corrected chi connectivity index (χ4v) is 1.87. The molecule has 4 heteroatoms. The standard InChI is InChI=1S/C15H25N3O/c1-11(2)10-18(5)15(19)17-14-8-6-13(7-9-14)12(3)16-4/h6-9,11-12,16H,10H2,1-5H3,(H,17,19). The van der Waals surface area contributed by atoms with Gasteiger partial charge in [0.15, 0.2) is 0 Å². The first-order valence-corrected chi connectivity index (χ1v) is 6.73. The van der Waals surface area contributed by atoms with Crippen molar-refractivity contribution in [3.8, 4) is 0 Å². The lowest BCUT2D eigenvalue weighted by Crippen LogP contribution is -2.34. The van der Waals surface area contributed by atoms with Crippen LogP contribution in [0, 0.1) is 5.92 Å². The molecule has 0 aliphatic carbocycles. The van der Waals surface area contributed by atoms with E-state index in [0.29, 0.717) is 12.0 Å². The van der Waals surface area contributed by atoms with Gasteiger partial charge in [-0.2, -0.15) is 0 Å². The number of nitrogens with zero attached hydrogens (tertiary/aromatic N) is 1. The maximum Gasteiger partial charge on any atom is 0.321 e. The van der Waals surface area contributed by atoms with Gasteiger partial charge in [-0.3, -0.25) is 0 Å². The van der Waals surface area contributed by atoms with E-state index in [2.05, 4.69) is 31.4 Å². The summed E-state index contributed by atoms with van der Waals surface area (Å²) in [5.74, 6) is 0.467. The maximum atomic E-state index is 11.9. The van der Waals surface area contributed by atoms with Gasteiger partial charge < -0.3 is 15.5 Å². The van der Waals surface area contributed by atoms with Crippen LogP contribution >= 0.6 is 0 Å². The second-order valence-corrected chi connectivity index (χ2v) is 5.34. The molecule has 1 atom stereocenters. The lowest BCUT2D eigenvalue weighted by Gasteiger charge is -2.20. The van der Waals surface area contributed by atoms with E-state index in [1.54, 1.807) is 4.90 Å². The smallest absolute Gasteiger partial charge is 0.321 e. The molecule has 0 spiro atoms. The summed E-state index contributed by atoms with van der Waals surface area (Å²) in [6.45, 7) is 7.04. The van der Waals surface area contributed by atoms with Gasteiger partial charge in [-0.15, -0.1) is 0 Å². The third kappa shape index (κ3) is 4.91. The molecule has 2 amide bonds. The first-order valence-electron chi connectivity index (χ1n) is 6.73. The van der Waals surface area contributed by atoms with Crippen LogP contribution in [-0.4, -0.2) is 31.6 Å². The molecule has 19 heavy (non-hydrogen) atoms. The molecule has 0 saturated heterocycles. The molecule has 106 valence electrons. The van der Waals surface area contributed by atoms with Crippen LogP contribution in [0.15, 0.2) is 24.3 Å². The molecule has 2 N–H and O–H groups in total. The van der Waals surface area contributed by atoms with Gasteiger partial charge in [-0.25, -0.2) is 4.79 Å². The van der Waals surface area contributed by atoms with Gasteiger partial charge in [0.05, 0.1) is 0 Å². The molecular weight excluding hydrogens is 238 g/mol. The third-order valence-electron chi connectivity index (χ3n) is 3.08. The molecule has 1 unspecified atom stereocenters. The fourth-order valence-electron chi connectivity index (χ4n) is 1.87. The number of amides is 2. The van der Waals surface area contributed by atoms with E-state index in [1.807, 2.05) is 38.4 Å². The largest absolute Gasteiger partial charge is 0.327 e. The van der Waals surface area contributed by atoms with Crippen molar-refractivity contribution in [2.45, 2.75) is 26.8 Å². The summed E-state index contributed by atoms with van der Waals surface area (Å²) in [7, 11) is 3.74. The second-order valence-electron chi connectivity index (χ2n) is 5.34. The number of nitrogens with one attached hydrogen (secondary N) is 2. The number of benzene rings is 1. The molecule has 0 radical (unpaired) electrons. The zero-order chi connectivity index (χ0) is 14.4. The van der Waals surface area contributed by atoms with Gasteiger partial charge in [-0.05, 0) is 37.6 Å². The molecule has 0 heterocycles. The third-order valence-corrected chi connectivity index (χ3v) is 3.08. The Hall–Kier alpha value is -1.55. The van der Waals surface area contributed by atoms with Crippen molar-refractivity contribution in [1.82, 2.24) is 10.2 Å². The Bertz CT molecular complexity index is 400. The van der Waals surface area contributed by atoms with Crippen molar-refractivity contribution >= 4 is 11.7 Å². The molecular formula is C15H25N3O. The summed E-state index contributed by atoms with van der Waals surface area (Å²) >= 11 is 0. The highest BCUT2D eigenvalue weighted by Gasteiger charge is 2.10. The van der Waals surface area contributed by atoms with E-state index in [4.69, 9.17) is 0 Å². The van der Waals surface area contributed by atoms with Crippen LogP contribution in [0.1, 0.15) is 32.4 Å². The maximum absolute atomic E-state index is 11.9. The van der Waals surface area contributed by atoms with E-state index in [-0.39, 0.29) is 6.03 Å². The van der Waals surface area contributed by atoms with Crippen molar-refractivity contribution in [3.63, 3.8) is 0 Å². The molecule has 1 aromatic carbocycles. The minimum atomic E-state index is -0.0666. The van der Waals surface area contributed by atoms with Gasteiger partial charge in [0.25, 0.3) is 0 Å². The Morgan fingerprint density at radius 2 is 1.79 bits per heavy atom. The minimum Gasteiger partial charge on any atom is -0.327 e. The Morgan fingerprint density at radius 3 is 2.26 bits per heavy atom. The summed E-state index contributed by atoms with van der Waals surface area (Å²) in [5, 5.41) is 6.08. The van der Waals surface area contributed by atoms with E-state index in [1.165, 1.54) is 5.56 Å². The summed E-state index contributed by atoms with van der Waals surface area (Å²) < 4.78 is 0. The predicted molar refractivity (Wildman–Crippen MR) is 80.4 cm³/mol. The van der Waals surface area contributed by atoms with Gasteiger partial charge in [-0.1, -0.05) is 26.0 Å². The fraction of sp³-hybridized carbons (Fsp3) is 0.533. The van der Waals surface area contributed by atoms with E-state index in [0.717, 1.165) is 12.2 Å². The van der Waals surface area contributed by atoms with Crippen molar-refractivity contribution in [3.05, 3.63) is 29.8 Å². The van der Waals surface area contributed by atoms with Gasteiger partial charge in [0.1, 0.15) is 0 Å². The summed E-state index contributed by atoms with van der Waals surface area (Å²) in [5.41, 5.74) is 2.03. The normalized spacial score (nSPS) is 12.3. The topological polar surface area (TPSA) is 44.4 Å². The summed E-state index contributed by atoms with van der Waals surface area (Å²) in [6, 6.07) is 8.17. The van der Waals surface area contributed by atoms with E-state index < -0.39 is 0 Å². The predicted octanol–water partition coefficient (Wildman–Crippen LogP) is 3.09. The Labute approximate surface area is 116 Å².